The monoisotopic (exact) mass is 379 g/mol. The molecule has 0 aliphatic heterocycles. The Bertz CT molecular complexity index is 824. The Morgan fingerprint density at radius 2 is 2.04 bits per heavy atom. The number of methoxy groups -OCH3 is 1. The van der Waals surface area contributed by atoms with E-state index in [1.54, 1.807) is 16.1 Å². The van der Waals surface area contributed by atoms with Crippen molar-refractivity contribution >= 4 is 34.9 Å². The van der Waals surface area contributed by atoms with Crippen molar-refractivity contribution in [3.05, 3.63) is 33.3 Å². The molecule has 0 aliphatic carbocycles. The first-order chi connectivity index (χ1) is 12.3. The summed E-state index contributed by atoms with van der Waals surface area (Å²) >= 11 is 1.15. The number of aryl methyl sites for hydroxylation is 2. The Morgan fingerprint density at radius 3 is 2.65 bits per heavy atom. The summed E-state index contributed by atoms with van der Waals surface area (Å²) in [4.78, 5) is 35.6. The fourth-order valence-corrected chi connectivity index (χ4v) is 3.24. The highest BCUT2D eigenvalue weighted by atomic mass is 32.1. The van der Waals surface area contributed by atoms with Crippen molar-refractivity contribution in [3.63, 3.8) is 0 Å². The number of amides is 1. The summed E-state index contributed by atoms with van der Waals surface area (Å²) in [5.41, 5.74) is 3.23. The second kappa shape index (κ2) is 8.61. The van der Waals surface area contributed by atoms with Crippen molar-refractivity contribution in [2.24, 2.45) is 7.05 Å². The molecule has 26 heavy (non-hydrogen) atoms. The SMILES string of the molecule is COC(=O)c1sccc1NC(=O)COC(=O)CCc1c(C)nn(C)c1C. The van der Waals surface area contributed by atoms with Crippen molar-refractivity contribution < 1.29 is 23.9 Å². The summed E-state index contributed by atoms with van der Waals surface area (Å²) in [7, 11) is 3.11. The van der Waals surface area contributed by atoms with Crippen LogP contribution in [0.15, 0.2) is 11.4 Å². The average molecular weight is 379 g/mol. The van der Waals surface area contributed by atoms with Gasteiger partial charge in [-0.15, -0.1) is 11.3 Å². The van der Waals surface area contributed by atoms with Gasteiger partial charge in [-0.3, -0.25) is 14.3 Å². The van der Waals surface area contributed by atoms with Gasteiger partial charge in [0.15, 0.2) is 6.61 Å². The molecular formula is C17H21N3O5S. The third-order valence-electron chi connectivity index (χ3n) is 3.91. The Kier molecular flexibility index (Phi) is 6.51. The molecule has 2 heterocycles. The number of carbonyl (C=O) groups excluding carboxylic acids is 3. The van der Waals surface area contributed by atoms with Gasteiger partial charge < -0.3 is 14.8 Å². The quantitative estimate of drug-likeness (QED) is 0.739. The number of nitrogens with zero attached hydrogens (tertiary/aromatic N) is 2. The molecule has 9 heteroatoms. The zero-order valence-electron chi connectivity index (χ0n) is 15.1. The first-order valence-electron chi connectivity index (χ1n) is 7.93. The molecule has 0 spiro atoms. The highest BCUT2D eigenvalue weighted by Crippen LogP contribution is 2.23. The lowest BCUT2D eigenvalue weighted by atomic mass is 10.1. The van der Waals surface area contributed by atoms with Crippen LogP contribution in [-0.2, 0) is 32.5 Å². The van der Waals surface area contributed by atoms with E-state index in [0.717, 1.165) is 28.3 Å². The minimum atomic E-state index is -0.533. The predicted molar refractivity (Wildman–Crippen MR) is 96.3 cm³/mol. The maximum absolute atomic E-state index is 11.9. The fourth-order valence-electron chi connectivity index (χ4n) is 2.47. The van der Waals surface area contributed by atoms with Crippen LogP contribution in [0, 0.1) is 13.8 Å². The number of hydrogen-bond donors (Lipinski definition) is 1. The first kappa shape index (κ1) is 19.6. The lowest BCUT2D eigenvalue weighted by Crippen LogP contribution is -2.21. The van der Waals surface area contributed by atoms with Gasteiger partial charge in [-0.05, 0) is 37.3 Å². The Hall–Kier alpha value is -2.68. The van der Waals surface area contributed by atoms with E-state index >= 15 is 0 Å². The summed E-state index contributed by atoms with van der Waals surface area (Å²) in [6.45, 7) is 3.41. The number of thiophene rings is 1. The summed E-state index contributed by atoms with van der Waals surface area (Å²) in [5, 5.41) is 8.49. The van der Waals surface area contributed by atoms with Crippen LogP contribution in [0.2, 0.25) is 0 Å². The molecule has 0 atom stereocenters. The maximum atomic E-state index is 11.9. The summed E-state index contributed by atoms with van der Waals surface area (Å²) in [6, 6.07) is 1.59. The molecule has 1 amide bonds. The minimum Gasteiger partial charge on any atom is -0.465 e. The molecular weight excluding hydrogens is 358 g/mol. The molecule has 0 radical (unpaired) electrons. The van der Waals surface area contributed by atoms with Gasteiger partial charge in [0.2, 0.25) is 0 Å². The zero-order valence-corrected chi connectivity index (χ0v) is 15.9. The first-order valence-corrected chi connectivity index (χ1v) is 8.81. The van der Waals surface area contributed by atoms with Crippen molar-refractivity contribution in [2.45, 2.75) is 26.7 Å². The van der Waals surface area contributed by atoms with Crippen molar-refractivity contribution in [2.75, 3.05) is 19.0 Å². The van der Waals surface area contributed by atoms with Crippen molar-refractivity contribution in [1.29, 1.82) is 0 Å². The normalized spacial score (nSPS) is 10.5. The summed E-state index contributed by atoms with van der Waals surface area (Å²) < 4.78 is 11.4. The van der Waals surface area contributed by atoms with Crippen LogP contribution in [0.4, 0.5) is 5.69 Å². The van der Waals surface area contributed by atoms with Gasteiger partial charge in [0, 0.05) is 19.2 Å². The lowest BCUT2D eigenvalue weighted by Gasteiger charge is -2.07. The van der Waals surface area contributed by atoms with Gasteiger partial charge in [-0.1, -0.05) is 0 Å². The molecule has 0 saturated carbocycles. The number of rotatable bonds is 7. The van der Waals surface area contributed by atoms with Gasteiger partial charge in [0.25, 0.3) is 5.91 Å². The Labute approximate surface area is 155 Å². The lowest BCUT2D eigenvalue weighted by molar-refractivity contribution is -0.147. The number of aromatic nitrogens is 2. The van der Waals surface area contributed by atoms with Gasteiger partial charge in [-0.2, -0.15) is 5.10 Å². The molecule has 140 valence electrons. The third kappa shape index (κ3) is 4.69. The molecule has 0 fully saturated rings. The second-order valence-electron chi connectivity index (χ2n) is 5.64. The summed E-state index contributed by atoms with van der Waals surface area (Å²) in [6.07, 6.45) is 0.662. The van der Waals surface area contributed by atoms with Gasteiger partial charge in [0.1, 0.15) is 4.88 Å². The average Bonchev–Trinajstić information content (AvgIpc) is 3.15. The largest absolute Gasteiger partial charge is 0.465 e. The molecule has 0 aliphatic rings. The number of hydrogen-bond acceptors (Lipinski definition) is 7. The van der Waals surface area contributed by atoms with Crippen LogP contribution in [0.1, 0.15) is 33.0 Å². The molecule has 0 saturated heterocycles. The van der Waals surface area contributed by atoms with Crippen LogP contribution >= 0.6 is 11.3 Å². The second-order valence-corrected chi connectivity index (χ2v) is 6.55. The van der Waals surface area contributed by atoms with Crippen LogP contribution in [0.25, 0.3) is 0 Å². The van der Waals surface area contributed by atoms with Crippen LogP contribution in [0.3, 0.4) is 0 Å². The van der Waals surface area contributed by atoms with Gasteiger partial charge in [0.05, 0.1) is 18.5 Å². The minimum absolute atomic E-state index is 0.159. The van der Waals surface area contributed by atoms with Crippen LogP contribution in [0.5, 0.6) is 0 Å². The molecule has 0 aromatic carbocycles. The smallest absolute Gasteiger partial charge is 0.350 e. The van der Waals surface area contributed by atoms with Crippen LogP contribution < -0.4 is 5.32 Å². The molecule has 2 aromatic heterocycles. The number of nitrogens with one attached hydrogen (secondary N) is 1. The number of anilines is 1. The van der Waals surface area contributed by atoms with Gasteiger partial charge in [-0.25, -0.2) is 4.79 Å². The highest BCUT2D eigenvalue weighted by Gasteiger charge is 2.17. The molecule has 2 aromatic rings. The highest BCUT2D eigenvalue weighted by molar-refractivity contribution is 7.12. The summed E-state index contributed by atoms with van der Waals surface area (Å²) in [5.74, 6) is -1.52. The van der Waals surface area contributed by atoms with E-state index in [4.69, 9.17) is 4.74 Å². The standard InChI is InChI=1S/C17H21N3O5S/c1-10-12(11(2)20(3)19-10)5-6-15(22)25-9-14(21)18-13-7-8-26-16(13)17(23)24-4/h7-8H,5-6,9H2,1-4H3,(H,18,21). The number of ether oxygens (including phenoxy) is 2. The van der Waals surface area contributed by atoms with E-state index in [1.165, 1.54) is 7.11 Å². The molecule has 8 nitrogen and oxygen atoms in total. The van der Waals surface area contributed by atoms with E-state index in [2.05, 4.69) is 15.2 Å². The van der Waals surface area contributed by atoms with E-state index in [9.17, 15) is 14.4 Å². The Morgan fingerprint density at radius 1 is 1.31 bits per heavy atom. The zero-order chi connectivity index (χ0) is 19.3. The van der Waals surface area contributed by atoms with E-state index < -0.39 is 24.5 Å². The molecule has 2 rings (SSSR count). The van der Waals surface area contributed by atoms with Crippen molar-refractivity contribution in [1.82, 2.24) is 9.78 Å². The predicted octanol–water partition coefficient (Wildman–Crippen LogP) is 2.00. The van der Waals surface area contributed by atoms with E-state index in [-0.39, 0.29) is 11.3 Å². The third-order valence-corrected chi connectivity index (χ3v) is 4.81. The molecule has 0 bridgehead atoms. The molecule has 0 unspecified atom stereocenters. The van der Waals surface area contributed by atoms with Crippen molar-refractivity contribution in [3.8, 4) is 0 Å². The van der Waals surface area contributed by atoms with Crippen LogP contribution in [-0.4, -0.2) is 41.3 Å². The fraction of sp³-hybridized carbons (Fsp3) is 0.412. The maximum Gasteiger partial charge on any atom is 0.350 e. The topological polar surface area (TPSA) is 99.5 Å². The molecule has 1 N–H and O–H groups in total. The van der Waals surface area contributed by atoms with E-state index in [1.807, 2.05) is 20.9 Å². The van der Waals surface area contributed by atoms with Gasteiger partial charge >= 0.3 is 11.9 Å². The Balaban J connectivity index is 1.81. The van der Waals surface area contributed by atoms with E-state index in [0.29, 0.717) is 12.1 Å². The number of carbonyl (C=O) groups is 3. The number of esters is 2.